The molecule has 4 rings (SSSR count). The van der Waals surface area contributed by atoms with Crippen molar-refractivity contribution in [3.05, 3.63) is 78.1 Å². The summed E-state index contributed by atoms with van der Waals surface area (Å²) in [4.78, 5) is 20.8. The lowest BCUT2D eigenvalue weighted by molar-refractivity contribution is -0.131. The first-order valence-corrected chi connectivity index (χ1v) is 10.3. The summed E-state index contributed by atoms with van der Waals surface area (Å²) in [5.74, 6) is 2.57. The molecule has 0 bridgehead atoms. The number of nitrogens with zero attached hydrogens (tertiary/aromatic N) is 2. The minimum Gasteiger partial charge on any atom is -0.497 e. The number of carbonyl (C=O) groups is 1. The molecule has 7 nitrogen and oxygen atoms in total. The summed E-state index contributed by atoms with van der Waals surface area (Å²) in [6.45, 7) is 1.37. The largest absolute Gasteiger partial charge is 0.497 e. The van der Waals surface area contributed by atoms with Crippen molar-refractivity contribution in [1.82, 2.24) is 9.97 Å². The minimum absolute atomic E-state index is 0.378. The summed E-state index contributed by atoms with van der Waals surface area (Å²) >= 11 is 0. The molecule has 0 aliphatic rings. The molecule has 1 heterocycles. The first kappa shape index (κ1) is 21.8. The van der Waals surface area contributed by atoms with Crippen molar-refractivity contribution in [3.8, 4) is 17.2 Å². The number of hydrogen-bond donors (Lipinski definition) is 1. The van der Waals surface area contributed by atoms with E-state index in [-0.39, 0.29) is 5.97 Å². The van der Waals surface area contributed by atoms with Crippen molar-refractivity contribution in [3.63, 3.8) is 0 Å². The number of aromatic nitrogens is 2. The molecule has 0 saturated heterocycles. The van der Waals surface area contributed by atoms with E-state index < -0.39 is 0 Å². The van der Waals surface area contributed by atoms with E-state index in [0.717, 1.165) is 22.2 Å². The first-order valence-electron chi connectivity index (χ1n) is 10.3. The van der Waals surface area contributed by atoms with Crippen molar-refractivity contribution in [2.75, 3.05) is 19.5 Å². The van der Waals surface area contributed by atoms with Crippen LogP contribution in [0.2, 0.25) is 0 Å². The van der Waals surface area contributed by atoms with E-state index >= 15 is 0 Å². The number of hydrogen-bond acceptors (Lipinski definition) is 7. The maximum absolute atomic E-state index is 11.4. The van der Waals surface area contributed by atoms with E-state index in [1.165, 1.54) is 6.92 Å². The van der Waals surface area contributed by atoms with Gasteiger partial charge in [0.15, 0.2) is 5.82 Å². The number of esters is 1. The summed E-state index contributed by atoms with van der Waals surface area (Å²) in [7, 11) is 3.22. The zero-order chi connectivity index (χ0) is 23.2. The molecule has 33 heavy (non-hydrogen) atoms. The van der Waals surface area contributed by atoms with Crippen LogP contribution in [-0.4, -0.2) is 30.2 Å². The second kappa shape index (κ2) is 9.82. The van der Waals surface area contributed by atoms with Gasteiger partial charge in [-0.25, -0.2) is 9.97 Å². The van der Waals surface area contributed by atoms with Crippen LogP contribution in [0, 0.1) is 0 Å². The highest BCUT2D eigenvalue weighted by atomic mass is 16.5. The average Bonchev–Trinajstić information content (AvgIpc) is 2.83. The molecule has 0 atom stereocenters. The van der Waals surface area contributed by atoms with Crippen LogP contribution in [0.3, 0.4) is 0 Å². The topological polar surface area (TPSA) is 82.6 Å². The molecule has 166 valence electrons. The molecular weight excluding hydrogens is 418 g/mol. The number of para-hydroxylation sites is 2. The number of nitrogens with one attached hydrogen (secondary N) is 1. The molecule has 0 radical (unpaired) electrons. The number of ether oxygens (including phenoxy) is 3. The van der Waals surface area contributed by atoms with Crippen LogP contribution in [0.1, 0.15) is 18.3 Å². The summed E-state index contributed by atoms with van der Waals surface area (Å²) in [6.07, 6.45) is 3.60. The van der Waals surface area contributed by atoms with E-state index in [1.54, 1.807) is 26.4 Å². The van der Waals surface area contributed by atoms with Gasteiger partial charge in [0, 0.05) is 23.9 Å². The highest BCUT2D eigenvalue weighted by Gasteiger charge is 2.11. The van der Waals surface area contributed by atoms with Crippen molar-refractivity contribution in [2.24, 2.45) is 0 Å². The van der Waals surface area contributed by atoms with Gasteiger partial charge in [0.1, 0.15) is 23.1 Å². The van der Waals surface area contributed by atoms with Crippen LogP contribution in [0.4, 0.5) is 11.5 Å². The molecule has 0 aliphatic heterocycles. The Morgan fingerprint density at radius 3 is 2.45 bits per heavy atom. The van der Waals surface area contributed by atoms with Gasteiger partial charge in [-0.15, -0.1) is 0 Å². The number of rotatable bonds is 7. The maximum Gasteiger partial charge on any atom is 0.308 e. The predicted octanol–water partition coefficient (Wildman–Crippen LogP) is 5.49. The lowest BCUT2D eigenvalue weighted by Crippen LogP contribution is -2.02. The predicted molar refractivity (Wildman–Crippen MR) is 129 cm³/mol. The molecule has 4 aromatic rings. The fourth-order valence-corrected chi connectivity index (χ4v) is 3.33. The molecule has 7 heteroatoms. The third kappa shape index (κ3) is 5.10. The Labute approximate surface area is 191 Å². The highest BCUT2D eigenvalue weighted by molar-refractivity contribution is 5.92. The Balaban J connectivity index is 1.75. The number of anilines is 2. The fraction of sp³-hybridized carbons (Fsp3) is 0.115. The number of methoxy groups -OCH3 is 2. The first-order chi connectivity index (χ1) is 16.1. The van der Waals surface area contributed by atoms with Crippen molar-refractivity contribution in [2.45, 2.75) is 6.92 Å². The van der Waals surface area contributed by atoms with E-state index in [9.17, 15) is 4.79 Å². The molecule has 1 aromatic heterocycles. The maximum atomic E-state index is 11.4. The molecule has 0 unspecified atom stereocenters. The molecular formula is C26H23N3O4. The Kier molecular flexibility index (Phi) is 6.50. The standard InChI is InChI=1S/C26H23N3O4/c1-17(30)33-23-11-7-4-8-18(23)12-15-25-27-21-10-6-5-9-20(21)26(29-25)28-22-16-19(31-2)13-14-24(22)32-3/h4-16H,1-3H3,(H,27,28,29)/b15-12+. The molecule has 1 N–H and O–H groups in total. The van der Waals surface area contributed by atoms with Crippen LogP contribution in [0.15, 0.2) is 66.7 Å². The SMILES string of the molecule is COc1ccc(OC)c(Nc2nc(/C=C/c3ccccc3OC(C)=O)nc3ccccc23)c1. The molecule has 0 saturated carbocycles. The van der Waals surface area contributed by atoms with E-state index in [0.29, 0.717) is 28.9 Å². The van der Waals surface area contributed by atoms with Gasteiger partial charge in [-0.05, 0) is 42.5 Å². The smallest absolute Gasteiger partial charge is 0.308 e. The van der Waals surface area contributed by atoms with Crippen molar-refractivity contribution >= 4 is 40.5 Å². The van der Waals surface area contributed by atoms with Crippen molar-refractivity contribution < 1.29 is 19.0 Å². The molecule has 0 fully saturated rings. The quantitative estimate of drug-likeness (QED) is 0.300. The zero-order valence-electron chi connectivity index (χ0n) is 18.5. The Morgan fingerprint density at radius 1 is 0.879 bits per heavy atom. The minimum atomic E-state index is -0.378. The van der Waals surface area contributed by atoms with Crippen molar-refractivity contribution in [1.29, 1.82) is 0 Å². The van der Waals surface area contributed by atoms with Gasteiger partial charge in [-0.2, -0.15) is 0 Å². The molecule has 0 spiro atoms. The van der Waals surface area contributed by atoms with Crippen LogP contribution in [0.5, 0.6) is 17.2 Å². The lowest BCUT2D eigenvalue weighted by atomic mass is 10.2. The summed E-state index contributed by atoms with van der Waals surface area (Å²) in [5, 5.41) is 4.22. The second-order valence-corrected chi connectivity index (χ2v) is 7.10. The monoisotopic (exact) mass is 441 g/mol. The van der Waals surface area contributed by atoms with Gasteiger partial charge in [0.25, 0.3) is 0 Å². The van der Waals surface area contributed by atoms with Gasteiger partial charge in [0.05, 0.1) is 25.4 Å². The summed E-state index contributed by atoms with van der Waals surface area (Å²) in [6, 6.07) is 20.5. The Morgan fingerprint density at radius 2 is 1.67 bits per heavy atom. The van der Waals surface area contributed by atoms with Crippen LogP contribution in [0.25, 0.3) is 23.1 Å². The normalized spacial score (nSPS) is 10.9. The third-order valence-electron chi connectivity index (χ3n) is 4.86. The highest BCUT2D eigenvalue weighted by Crippen LogP contribution is 2.33. The fourth-order valence-electron chi connectivity index (χ4n) is 3.33. The number of fused-ring (bicyclic) bond motifs is 1. The second-order valence-electron chi connectivity index (χ2n) is 7.10. The molecule has 3 aromatic carbocycles. The average molecular weight is 441 g/mol. The molecule has 0 amide bonds. The molecule has 0 aliphatic carbocycles. The Bertz CT molecular complexity index is 1330. The van der Waals surface area contributed by atoms with Gasteiger partial charge in [0.2, 0.25) is 0 Å². The van der Waals surface area contributed by atoms with Gasteiger partial charge >= 0.3 is 5.97 Å². The number of benzene rings is 3. The summed E-state index contributed by atoms with van der Waals surface area (Å²) < 4.78 is 16.1. The van der Waals surface area contributed by atoms with Gasteiger partial charge in [-0.3, -0.25) is 4.79 Å². The van der Waals surface area contributed by atoms with Gasteiger partial charge < -0.3 is 19.5 Å². The Hall–Kier alpha value is -4.39. The van der Waals surface area contributed by atoms with Crippen LogP contribution in [-0.2, 0) is 4.79 Å². The third-order valence-corrected chi connectivity index (χ3v) is 4.86. The van der Waals surface area contributed by atoms with E-state index in [4.69, 9.17) is 19.2 Å². The summed E-state index contributed by atoms with van der Waals surface area (Å²) in [5.41, 5.74) is 2.24. The van der Waals surface area contributed by atoms with E-state index in [1.807, 2.05) is 66.7 Å². The van der Waals surface area contributed by atoms with Gasteiger partial charge in [-0.1, -0.05) is 30.3 Å². The number of carbonyl (C=O) groups excluding carboxylic acids is 1. The van der Waals surface area contributed by atoms with Crippen LogP contribution >= 0.6 is 0 Å². The zero-order valence-corrected chi connectivity index (χ0v) is 18.5. The van der Waals surface area contributed by atoms with E-state index in [2.05, 4.69) is 10.3 Å². The lowest BCUT2D eigenvalue weighted by Gasteiger charge is -2.14. The van der Waals surface area contributed by atoms with Crippen LogP contribution < -0.4 is 19.5 Å².